The number of benzene rings is 1. The van der Waals surface area contributed by atoms with Crippen molar-refractivity contribution in [3.05, 3.63) is 36.8 Å². The lowest BCUT2D eigenvalue weighted by Gasteiger charge is -2.03. The standard InChI is InChI=1S/C15H20N2O.ClH/c1-3-5-10-17-11-15(16-12-17)13-6-8-14(9-7-13)18-4-2;/h6-9,11-12H,3-5,10H2,1-2H3;1H. The maximum atomic E-state index is 5.43. The van der Waals surface area contributed by atoms with Crippen molar-refractivity contribution >= 4 is 12.4 Å². The molecule has 0 amide bonds. The lowest BCUT2D eigenvalue weighted by Crippen LogP contribution is -1.92. The predicted molar refractivity (Wildman–Crippen MR) is 81.0 cm³/mol. The molecular weight excluding hydrogens is 260 g/mol. The minimum absolute atomic E-state index is 0. The molecular formula is C15H21ClN2O. The van der Waals surface area contributed by atoms with Crippen molar-refractivity contribution in [1.29, 1.82) is 0 Å². The Bertz CT molecular complexity index is 479. The molecule has 1 heterocycles. The summed E-state index contributed by atoms with van der Waals surface area (Å²) in [5.41, 5.74) is 2.16. The van der Waals surface area contributed by atoms with Gasteiger partial charge in [0.2, 0.25) is 0 Å². The van der Waals surface area contributed by atoms with Crippen LogP contribution in [0.25, 0.3) is 11.3 Å². The smallest absolute Gasteiger partial charge is 0.119 e. The van der Waals surface area contributed by atoms with Gasteiger partial charge in [-0.1, -0.05) is 13.3 Å². The number of hydrogen-bond acceptors (Lipinski definition) is 2. The Balaban J connectivity index is 0.00000180. The first-order valence-electron chi connectivity index (χ1n) is 6.58. The number of nitrogens with zero attached hydrogens (tertiary/aromatic N) is 2. The van der Waals surface area contributed by atoms with Gasteiger partial charge < -0.3 is 9.30 Å². The van der Waals surface area contributed by atoms with E-state index in [1.54, 1.807) is 0 Å². The average Bonchev–Trinajstić information content (AvgIpc) is 2.86. The number of aryl methyl sites for hydroxylation is 1. The molecule has 0 atom stereocenters. The normalized spacial score (nSPS) is 10.0. The van der Waals surface area contributed by atoms with Crippen LogP contribution in [0.2, 0.25) is 0 Å². The Morgan fingerprint density at radius 3 is 2.53 bits per heavy atom. The molecule has 1 aromatic heterocycles. The van der Waals surface area contributed by atoms with E-state index in [0.29, 0.717) is 6.61 Å². The fourth-order valence-electron chi connectivity index (χ4n) is 1.86. The molecule has 1 aromatic carbocycles. The van der Waals surface area contributed by atoms with Gasteiger partial charge in [0.05, 0.1) is 18.6 Å². The molecule has 0 aliphatic heterocycles. The topological polar surface area (TPSA) is 27.1 Å². The van der Waals surface area contributed by atoms with E-state index in [2.05, 4.69) is 34.8 Å². The van der Waals surface area contributed by atoms with Gasteiger partial charge in [-0.15, -0.1) is 12.4 Å². The highest BCUT2D eigenvalue weighted by atomic mass is 35.5. The van der Waals surface area contributed by atoms with Gasteiger partial charge in [0.15, 0.2) is 0 Å². The van der Waals surface area contributed by atoms with E-state index in [1.807, 2.05) is 25.4 Å². The summed E-state index contributed by atoms with van der Waals surface area (Å²) in [6.07, 6.45) is 6.41. The van der Waals surface area contributed by atoms with Crippen LogP contribution in [0.5, 0.6) is 5.75 Å². The third kappa shape index (κ3) is 4.28. The summed E-state index contributed by atoms with van der Waals surface area (Å²) in [4.78, 5) is 4.44. The molecule has 3 nitrogen and oxygen atoms in total. The van der Waals surface area contributed by atoms with Crippen molar-refractivity contribution < 1.29 is 4.74 Å². The summed E-state index contributed by atoms with van der Waals surface area (Å²) >= 11 is 0. The third-order valence-corrected chi connectivity index (χ3v) is 2.86. The maximum Gasteiger partial charge on any atom is 0.119 e. The van der Waals surface area contributed by atoms with Crippen LogP contribution in [0, 0.1) is 0 Å². The summed E-state index contributed by atoms with van der Waals surface area (Å²) in [5, 5.41) is 0. The molecule has 0 saturated carbocycles. The Kier molecular flexibility index (Phi) is 6.43. The number of unbranched alkanes of at least 4 members (excludes halogenated alkanes) is 1. The number of rotatable bonds is 6. The number of hydrogen-bond donors (Lipinski definition) is 0. The molecule has 0 radical (unpaired) electrons. The molecule has 2 rings (SSSR count). The highest BCUT2D eigenvalue weighted by Gasteiger charge is 2.02. The zero-order valence-electron chi connectivity index (χ0n) is 11.5. The molecule has 2 aromatic rings. The van der Waals surface area contributed by atoms with E-state index in [4.69, 9.17) is 4.74 Å². The molecule has 0 spiro atoms. The maximum absolute atomic E-state index is 5.43. The zero-order valence-corrected chi connectivity index (χ0v) is 12.3. The van der Waals surface area contributed by atoms with Gasteiger partial charge in [0, 0.05) is 18.3 Å². The van der Waals surface area contributed by atoms with Crippen molar-refractivity contribution in [2.24, 2.45) is 0 Å². The van der Waals surface area contributed by atoms with Crippen LogP contribution in [0.15, 0.2) is 36.8 Å². The first-order chi connectivity index (χ1) is 8.83. The first-order valence-corrected chi connectivity index (χ1v) is 6.58. The van der Waals surface area contributed by atoms with Crippen molar-refractivity contribution in [3.8, 4) is 17.0 Å². The minimum Gasteiger partial charge on any atom is -0.494 e. The van der Waals surface area contributed by atoms with Crippen LogP contribution in [-0.4, -0.2) is 16.2 Å². The Hall–Kier alpha value is -1.48. The van der Waals surface area contributed by atoms with Crippen LogP contribution >= 0.6 is 12.4 Å². The van der Waals surface area contributed by atoms with E-state index in [0.717, 1.165) is 23.6 Å². The second-order valence-corrected chi connectivity index (χ2v) is 4.31. The third-order valence-electron chi connectivity index (χ3n) is 2.86. The summed E-state index contributed by atoms with van der Waals surface area (Å²) in [5.74, 6) is 0.909. The van der Waals surface area contributed by atoms with Gasteiger partial charge in [0.25, 0.3) is 0 Å². The molecule has 0 N–H and O–H groups in total. The van der Waals surface area contributed by atoms with Crippen molar-refractivity contribution in [2.45, 2.75) is 33.2 Å². The average molecular weight is 281 g/mol. The molecule has 0 fully saturated rings. The Morgan fingerprint density at radius 1 is 1.16 bits per heavy atom. The summed E-state index contributed by atoms with van der Waals surface area (Å²) in [6, 6.07) is 8.09. The van der Waals surface area contributed by atoms with E-state index in [1.165, 1.54) is 12.8 Å². The summed E-state index contributed by atoms with van der Waals surface area (Å²) in [6.45, 7) is 5.93. The van der Waals surface area contributed by atoms with Gasteiger partial charge in [-0.2, -0.15) is 0 Å². The number of ether oxygens (including phenoxy) is 1. The minimum atomic E-state index is 0. The number of imidazole rings is 1. The van der Waals surface area contributed by atoms with Gasteiger partial charge in [-0.3, -0.25) is 0 Å². The van der Waals surface area contributed by atoms with E-state index >= 15 is 0 Å². The van der Waals surface area contributed by atoms with E-state index in [9.17, 15) is 0 Å². The van der Waals surface area contributed by atoms with Crippen LogP contribution in [0.1, 0.15) is 26.7 Å². The quantitative estimate of drug-likeness (QED) is 0.794. The van der Waals surface area contributed by atoms with Crippen molar-refractivity contribution in [2.75, 3.05) is 6.61 Å². The monoisotopic (exact) mass is 280 g/mol. The van der Waals surface area contributed by atoms with Crippen molar-refractivity contribution in [3.63, 3.8) is 0 Å². The van der Waals surface area contributed by atoms with Gasteiger partial charge >= 0.3 is 0 Å². The molecule has 0 saturated heterocycles. The fourth-order valence-corrected chi connectivity index (χ4v) is 1.86. The molecule has 0 unspecified atom stereocenters. The van der Waals surface area contributed by atoms with Crippen LogP contribution in [0.3, 0.4) is 0 Å². The molecule has 0 aliphatic carbocycles. The zero-order chi connectivity index (χ0) is 12.8. The molecule has 0 aliphatic rings. The highest BCUT2D eigenvalue weighted by Crippen LogP contribution is 2.20. The molecule has 104 valence electrons. The Morgan fingerprint density at radius 2 is 1.89 bits per heavy atom. The second-order valence-electron chi connectivity index (χ2n) is 4.31. The fraction of sp³-hybridized carbons (Fsp3) is 0.400. The molecule has 0 bridgehead atoms. The van der Waals surface area contributed by atoms with Crippen molar-refractivity contribution in [1.82, 2.24) is 9.55 Å². The lowest BCUT2D eigenvalue weighted by atomic mass is 10.1. The largest absolute Gasteiger partial charge is 0.494 e. The second kappa shape index (κ2) is 7.85. The molecule has 4 heteroatoms. The van der Waals surface area contributed by atoms with Gasteiger partial charge in [0.1, 0.15) is 5.75 Å². The summed E-state index contributed by atoms with van der Waals surface area (Å²) < 4.78 is 7.58. The molecule has 19 heavy (non-hydrogen) atoms. The predicted octanol–water partition coefficient (Wildman–Crippen LogP) is 4.17. The first kappa shape index (κ1) is 15.6. The van der Waals surface area contributed by atoms with E-state index in [-0.39, 0.29) is 12.4 Å². The van der Waals surface area contributed by atoms with E-state index < -0.39 is 0 Å². The lowest BCUT2D eigenvalue weighted by molar-refractivity contribution is 0.340. The number of halogens is 1. The van der Waals surface area contributed by atoms with Crippen LogP contribution in [0.4, 0.5) is 0 Å². The SMILES string of the molecule is CCCCn1cnc(-c2ccc(OCC)cc2)c1.Cl. The number of aromatic nitrogens is 2. The highest BCUT2D eigenvalue weighted by molar-refractivity contribution is 5.85. The van der Waals surface area contributed by atoms with Crippen LogP contribution in [-0.2, 0) is 6.54 Å². The summed E-state index contributed by atoms with van der Waals surface area (Å²) in [7, 11) is 0. The van der Waals surface area contributed by atoms with Gasteiger partial charge in [-0.25, -0.2) is 4.98 Å². The van der Waals surface area contributed by atoms with Gasteiger partial charge in [-0.05, 0) is 37.6 Å². The Labute approximate surface area is 121 Å². The van der Waals surface area contributed by atoms with Crippen LogP contribution < -0.4 is 4.74 Å².